The standard InChI is InChI=1S/C15H23N3O3S.ClH/c1-17-7-9-18(10-8-17)6-5-16-22(19,20)14-2-3-15-13(12-14)4-11-21-15;/h2-3,12,16H,4-11H2,1H3;1H. The van der Waals surface area contributed by atoms with Crippen LogP contribution in [0, 0.1) is 0 Å². The summed E-state index contributed by atoms with van der Waals surface area (Å²) in [6, 6.07) is 5.08. The van der Waals surface area contributed by atoms with E-state index >= 15 is 0 Å². The molecule has 1 aromatic carbocycles. The summed E-state index contributed by atoms with van der Waals surface area (Å²) in [6.07, 6.45) is 0.778. The first kappa shape index (κ1) is 18.5. The summed E-state index contributed by atoms with van der Waals surface area (Å²) in [5.74, 6) is 0.802. The molecular formula is C15H24ClN3O3S. The number of nitrogens with one attached hydrogen (secondary N) is 1. The molecule has 1 saturated heterocycles. The minimum absolute atomic E-state index is 0. The SMILES string of the molecule is CN1CCN(CCNS(=O)(=O)c2ccc3c(c2)CCO3)CC1.Cl. The minimum atomic E-state index is -3.44. The van der Waals surface area contributed by atoms with Crippen molar-refractivity contribution >= 4 is 22.4 Å². The van der Waals surface area contributed by atoms with Crippen LogP contribution < -0.4 is 9.46 Å². The van der Waals surface area contributed by atoms with Gasteiger partial charge in [-0.05, 0) is 30.8 Å². The maximum absolute atomic E-state index is 12.3. The van der Waals surface area contributed by atoms with Crippen LogP contribution in [0.4, 0.5) is 0 Å². The summed E-state index contributed by atoms with van der Waals surface area (Å²) < 4.78 is 32.8. The lowest BCUT2D eigenvalue weighted by Gasteiger charge is -2.32. The van der Waals surface area contributed by atoms with Crippen LogP contribution in [0.1, 0.15) is 5.56 Å². The largest absolute Gasteiger partial charge is 0.493 e. The van der Waals surface area contributed by atoms with Crippen LogP contribution in [-0.2, 0) is 16.4 Å². The Morgan fingerprint density at radius 1 is 1.22 bits per heavy atom. The van der Waals surface area contributed by atoms with Crippen molar-refractivity contribution in [1.29, 1.82) is 0 Å². The molecule has 6 nitrogen and oxygen atoms in total. The highest BCUT2D eigenvalue weighted by Crippen LogP contribution is 2.27. The first-order valence-electron chi connectivity index (χ1n) is 7.71. The van der Waals surface area contributed by atoms with E-state index in [2.05, 4.69) is 21.6 Å². The maximum atomic E-state index is 12.3. The van der Waals surface area contributed by atoms with Crippen LogP contribution in [0.15, 0.2) is 23.1 Å². The van der Waals surface area contributed by atoms with Crippen LogP contribution in [0.5, 0.6) is 5.75 Å². The number of ether oxygens (including phenoxy) is 1. The second-order valence-electron chi connectivity index (χ2n) is 5.91. The van der Waals surface area contributed by atoms with Gasteiger partial charge in [0.2, 0.25) is 10.0 Å². The maximum Gasteiger partial charge on any atom is 0.240 e. The van der Waals surface area contributed by atoms with Gasteiger partial charge >= 0.3 is 0 Å². The van der Waals surface area contributed by atoms with Gasteiger partial charge < -0.3 is 9.64 Å². The van der Waals surface area contributed by atoms with E-state index in [4.69, 9.17) is 4.74 Å². The Labute approximate surface area is 144 Å². The number of rotatable bonds is 5. The minimum Gasteiger partial charge on any atom is -0.493 e. The third kappa shape index (κ3) is 4.58. The van der Waals surface area contributed by atoms with Gasteiger partial charge in [0.25, 0.3) is 0 Å². The van der Waals surface area contributed by atoms with Crippen molar-refractivity contribution in [3.63, 3.8) is 0 Å². The third-order valence-corrected chi connectivity index (χ3v) is 5.75. The van der Waals surface area contributed by atoms with Crippen molar-refractivity contribution < 1.29 is 13.2 Å². The smallest absolute Gasteiger partial charge is 0.240 e. The van der Waals surface area contributed by atoms with E-state index in [0.29, 0.717) is 18.0 Å². The molecular weight excluding hydrogens is 338 g/mol. The Bertz CT molecular complexity index is 631. The molecule has 0 aromatic heterocycles. The lowest BCUT2D eigenvalue weighted by molar-refractivity contribution is 0.156. The van der Waals surface area contributed by atoms with Crippen molar-refractivity contribution in [3.8, 4) is 5.75 Å². The molecule has 0 amide bonds. The van der Waals surface area contributed by atoms with Crippen LogP contribution in [0.2, 0.25) is 0 Å². The van der Waals surface area contributed by atoms with E-state index in [-0.39, 0.29) is 12.4 Å². The number of halogens is 1. The van der Waals surface area contributed by atoms with Crippen LogP contribution in [0.3, 0.4) is 0 Å². The first-order valence-corrected chi connectivity index (χ1v) is 9.19. The van der Waals surface area contributed by atoms with Crippen molar-refractivity contribution in [3.05, 3.63) is 23.8 Å². The number of hydrogen-bond donors (Lipinski definition) is 1. The van der Waals surface area contributed by atoms with Crippen LogP contribution in [-0.4, -0.2) is 71.1 Å². The van der Waals surface area contributed by atoms with Crippen LogP contribution in [0.25, 0.3) is 0 Å². The predicted molar refractivity (Wildman–Crippen MR) is 92.0 cm³/mol. The van der Waals surface area contributed by atoms with Gasteiger partial charge in [-0.2, -0.15) is 0 Å². The number of fused-ring (bicyclic) bond motifs is 1. The summed E-state index contributed by atoms with van der Waals surface area (Å²) in [5, 5.41) is 0. The van der Waals surface area contributed by atoms with E-state index in [1.165, 1.54) is 0 Å². The van der Waals surface area contributed by atoms with E-state index < -0.39 is 10.0 Å². The zero-order valence-corrected chi connectivity index (χ0v) is 15.0. The number of hydrogen-bond acceptors (Lipinski definition) is 5. The van der Waals surface area contributed by atoms with Gasteiger partial charge in [0.15, 0.2) is 0 Å². The number of piperazine rings is 1. The Kier molecular flexibility index (Phi) is 6.27. The zero-order valence-electron chi connectivity index (χ0n) is 13.3. The average molecular weight is 362 g/mol. The Morgan fingerprint density at radius 2 is 1.96 bits per heavy atom. The molecule has 0 radical (unpaired) electrons. The fraction of sp³-hybridized carbons (Fsp3) is 0.600. The van der Waals surface area contributed by atoms with E-state index in [9.17, 15) is 8.42 Å². The van der Waals surface area contributed by atoms with Gasteiger partial charge in [0, 0.05) is 45.7 Å². The van der Waals surface area contributed by atoms with Crippen molar-refractivity contribution in [2.24, 2.45) is 0 Å². The first-order chi connectivity index (χ1) is 10.5. The van der Waals surface area contributed by atoms with Gasteiger partial charge in [0.05, 0.1) is 11.5 Å². The molecule has 1 aromatic rings. The molecule has 0 spiro atoms. The lowest BCUT2D eigenvalue weighted by atomic mass is 10.2. The predicted octanol–water partition coefficient (Wildman–Crippen LogP) is 0.569. The quantitative estimate of drug-likeness (QED) is 0.830. The van der Waals surface area contributed by atoms with Gasteiger partial charge in [0.1, 0.15) is 5.75 Å². The van der Waals surface area contributed by atoms with E-state index in [1.807, 2.05) is 0 Å². The molecule has 0 saturated carbocycles. The molecule has 2 aliphatic rings. The fourth-order valence-electron chi connectivity index (χ4n) is 2.82. The molecule has 0 aliphatic carbocycles. The Morgan fingerprint density at radius 3 is 2.70 bits per heavy atom. The van der Waals surface area contributed by atoms with Gasteiger partial charge in [-0.25, -0.2) is 13.1 Å². The third-order valence-electron chi connectivity index (χ3n) is 4.29. The summed E-state index contributed by atoms with van der Waals surface area (Å²) in [4.78, 5) is 4.90. The molecule has 2 heterocycles. The number of sulfonamides is 1. The zero-order chi connectivity index (χ0) is 15.6. The molecule has 0 bridgehead atoms. The Hall–Kier alpha value is -0.860. The molecule has 0 unspecified atom stereocenters. The molecule has 130 valence electrons. The monoisotopic (exact) mass is 361 g/mol. The molecule has 8 heteroatoms. The normalized spacial score (nSPS) is 19.0. The molecule has 2 aliphatic heterocycles. The molecule has 1 N–H and O–H groups in total. The fourth-order valence-corrected chi connectivity index (χ4v) is 3.89. The topological polar surface area (TPSA) is 61.9 Å². The molecule has 1 fully saturated rings. The summed E-state index contributed by atoms with van der Waals surface area (Å²) in [7, 11) is -1.33. The summed E-state index contributed by atoms with van der Waals surface area (Å²) in [6.45, 7) is 5.90. The van der Waals surface area contributed by atoms with Crippen molar-refractivity contribution in [1.82, 2.24) is 14.5 Å². The summed E-state index contributed by atoms with van der Waals surface area (Å²) >= 11 is 0. The average Bonchev–Trinajstić information content (AvgIpc) is 2.96. The van der Waals surface area contributed by atoms with Crippen molar-refractivity contribution in [2.45, 2.75) is 11.3 Å². The second-order valence-corrected chi connectivity index (χ2v) is 7.68. The van der Waals surface area contributed by atoms with E-state index in [1.54, 1.807) is 18.2 Å². The molecule has 0 atom stereocenters. The van der Waals surface area contributed by atoms with Crippen LogP contribution >= 0.6 is 12.4 Å². The second kappa shape index (κ2) is 7.81. The summed E-state index contributed by atoms with van der Waals surface area (Å²) in [5.41, 5.74) is 0.974. The van der Waals surface area contributed by atoms with Gasteiger partial charge in [-0.3, -0.25) is 4.90 Å². The number of benzene rings is 1. The molecule has 3 rings (SSSR count). The number of likely N-dealkylation sites (N-methyl/N-ethyl adjacent to an activating group) is 1. The highest BCUT2D eigenvalue weighted by atomic mass is 35.5. The van der Waals surface area contributed by atoms with Gasteiger partial charge in [-0.1, -0.05) is 0 Å². The van der Waals surface area contributed by atoms with Crippen molar-refractivity contribution in [2.75, 3.05) is 52.9 Å². The highest BCUT2D eigenvalue weighted by molar-refractivity contribution is 7.89. The lowest BCUT2D eigenvalue weighted by Crippen LogP contribution is -2.46. The highest BCUT2D eigenvalue weighted by Gasteiger charge is 2.20. The Balaban J connectivity index is 0.00000192. The molecule has 23 heavy (non-hydrogen) atoms. The van der Waals surface area contributed by atoms with E-state index in [0.717, 1.165) is 50.5 Å². The number of nitrogens with zero attached hydrogens (tertiary/aromatic N) is 2. The van der Waals surface area contributed by atoms with Gasteiger partial charge in [-0.15, -0.1) is 12.4 Å².